The van der Waals surface area contributed by atoms with E-state index >= 15 is 0 Å². The van der Waals surface area contributed by atoms with Gasteiger partial charge in [-0.25, -0.2) is 9.67 Å². The molecule has 4 rings (SSSR count). The van der Waals surface area contributed by atoms with Crippen molar-refractivity contribution in [1.29, 1.82) is 0 Å². The van der Waals surface area contributed by atoms with Gasteiger partial charge in [0.1, 0.15) is 18.7 Å². The van der Waals surface area contributed by atoms with Crippen LogP contribution in [0.5, 0.6) is 5.75 Å². The Labute approximate surface area is 183 Å². The van der Waals surface area contributed by atoms with Crippen LogP contribution in [0.2, 0.25) is 5.02 Å². The lowest BCUT2D eigenvalue weighted by molar-refractivity contribution is 0.102. The van der Waals surface area contributed by atoms with Crippen LogP contribution < -0.4 is 10.1 Å². The van der Waals surface area contributed by atoms with Crippen LogP contribution in [0.15, 0.2) is 66.3 Å². The third-order valence-corrected chi connectivity index (χ3v) is 5.57. The second-order valence-corrected chi connectivity index (χ2v) is 8.07. The summed E-state index contributed by atoms with van der Waals surface area (Å²) in [6, 6.07) is 17.2. The number of para-hydroxylation sites is 1. The molecule has 2 heterocycles. The standard InChI is InChI=1S/C22H19ClN4O2S/c1-15-5-2-3-8-19(15)29-12-17-10-20(30-13-17)21(28)25-22-24-14-27(26-22)11-16-6-4-7-18(23)9-16/h2-10,13-14H,11-12H2,1H3,(H,25,26,28). The van der Waals surface area contributed by atoms with E-state index in [1.54, 1.807) is 11.0 Å². The Balaban J connectivity index is 1.34. The molecule has 6 nitrogen and oxygen atoms in total. The minimum Gasteiger partial charge on any atom is -0.489 e. The largest absolute Gasteiger partial charge is 0.489 e. The molecule has 0 saturated heterocycles. The zero-order chi connectivity index (χ0) is 20.9. The molecule has 1 amide bonds. The Kier molecular flexibility index (Phi) is 6.11. The van der Waals surface area contributed by atoms with E-state index in [2.05, 4.69) is 15.4 Å². The van der Waals surface area contributed by atoms with Gasteiger partial charge in [-0.15, -0.1) is 16.4 Å². The molecule has 30 heavy (non-hydrogen) atoms. The first kappa shape index (κ1) is 20.1. The van der Waals surface area contributed by atoms with Crippen molar-refractivity contribution in [1.82, 2.24) is 14.8 Å². The predicted octanol–water partition coefficient (Wildman–Crippen LogP) is 5.18. The highest BCUT2D eigenvalue weighted by atomic mass is 35.5. The number of benzene rings is 2. The fourth-order valence-electron chi connectivity index (χ4n) is 2.86. The maximum Gasteiger partial charge on any atom is 0.268 e. The van der Waals surface area contributed by atoms with Crippen molar-refractivity contribution < 1.29 is 9.53 Å². The molecule has 0 spiro atoms. The van der Waals surface area contributed by atoms with Crippen molar-refractivity contribution in [3.63, 3.8) is 0 Å². The normalized spacial score (nSPS) is 10.7. The average Bonchev–Trinajstić information content (AvgIpc) is 3.37. The van der Waals surface area contributed by atoms with E-state index < -0.39 is 0 Å². The fraction of sp³-hybridized carbons (Fsp3) is 0.136. The number of amides is 1. The molecule has 0 aliphatic heterocycles. The first-order valence-corrected chi connectivity index (χ1v) is 10.5. The number of halogens is 1. The van der Waals surface area contributed by atoms with Crippen LogP contribution in [0, 0.1) is 6.92 Å². The molecule has 8 heteroatoms. The Morgan fingerprint density at radius 3 is 2.87 bits per heavy atom. The number of aryl methyl sites for hydroxylation is 1. The van der Waals surface area contributed by atoms with Crippen LogP contribution in [0.25, 0.3) is 0 Å². The van der Waals surface area contributed by atoms with E-state index in [-0.39, 0.29) is 11.9 Å². The molecule has 0 unspecified atom stereocenters. The SMILES string of the molecule is Cc1ccccc1OCc1csc(C(=O)Nc2ncn(Cc3cccc(Cl)c3)n2)c1. The highest BCUT2D eigenvalue weighted by molar-refractivity contribution is 7.12. The molecular formula is C22H19ClN4O2S. The third kappa shape index (κ3) is 5.06. The van der Waals surface area contributed by atoms with E-state index in [1.807, 2.05) is 66.9 Å². The van der Waals surface area contributed by atoms with Gasteiger partial charge in [-0.1, -0.05) is 41.9 Å². The lowest BCUT2D eigenvalue weighted by atomic mass is 10.2. The first-order chi connectivity index (χ1) is 14.6. The Morgan fingerprint density at radius 2 is 2.03 bits per heavy atom. The van der Waals surface area contributed by atoms with Gasteiger partial charge in [-0.2, -0.15) is 0 Å². The lowest BCUT2D eigenvalue weighted by Crippen LogP contribution is -2.12. The number of ether oxygens (including phenoxy) is 1. The van der Waals surface area contributed by atoms with Crippen molar-refractivity contribution in [3.05, 3.63) is 92.9 Å². The zero-order valence-electron chi connectivity index (χ0n) is 16.2. The van der Waals surface area contributed by atoms with Gasteiger partial charge < -0.3 is 4.74 Å². The van der Waals surface area contributed by atoms with Crippen molar-refractivity contribution in [3.8, 4) is 5.75 Å². The minimum absolute atomic E-state index is 0.248. The van der Waals surface area contributed by atoms with Crippen molar-refractivity contribution in [2.24, 2.45) is 0 Å². The first-order valence-electron chi connectivity index (χ1n) is 9.28. The van der Waals surface area contributed by atoms with Gasteiger partial charge in [0.2, 0.25) is 5.95 Å². The molecule has 152 valence electrons. The maximum atomic E-state index is 12.5. The Bertz CT molecular complexity index is 1170. The number of anilines is 1. The molecule has 4 aromatic rings. The number of carbonyl (C=O) groups is 1. The van der Waals surface area contributed by atoms with Crippen LogP contribution in [0.1, 0.15) is 26.4 Å². The molecule has 1 N–H and O–H groups in total. The summed E-state index contributed by atoms with van der Waals surface area (Å²) in [5, 5.41) is 9.62. The van der Waals surface area contributed by atoms with Gasteiger partial charge in [0.05, 0.1) is 11.4 Å². The summed E-state index contributed by atoms with van der Waals surface area (Å²) >= 11 is 7.37. The van der Waals surface area contributed by atoms with Crippen molar-refractivity contribution in [2.45, 2.75) is 20.1 Å². The molecule has 0 radical (unpaired) electrons. The average molecular weight is 439 g/mol. The van der Waals surface area contributed by atoms with Crippen LogP contribution in [0.3, 0.4) is 0 Å². The number of nitrogens with zero attached hydrogens (tertiary/aromatic N) is 3. The molecule has 0 saturated carbocycles. The van der Waals surface area contributed by atoms with Gasteiger partial charge in [-0.05, 0) is 47.7 Å². The predicted molar refractivity (Wildman–Crippen MR) is 118 cm³/mol. The highest BCUT2D eigenvalue weighted by Gasteiger charge is 2.13. The molecule has 0 aliphatic rings. The Morgan fingerprint density at radius 1 is 1.17 bits per heavy atom. The number of nitrogens with one attached hydrogen (secondary N) is 1. The molecule has 0 aliphatic carbocycles. The van der Waals surface area contributed by atoms with Crippen LogP contribution in [-0.2, 0) is 13.2 Å². The molecule has 0 atom stereocenters. The van der Waals surface area contributed by atoms with Gasteiger partial charge >= 0.3 is 0 Å². The van der Waals surface area contributed by atoms with Gasteiger partial charge in [-0.3, -0.25) is 10.1 Å². The van der Waals surface area contributed by atoms with E-state index in [4.69, 9.17) is 16.3 Å². The number of hydrogen-bond acceptors (Lipinski definition) is 5. The second kappa shape index (κ2) is 9.11. The van der Waals surface area contributed by atoms with Gasteiger partial charge in [0.15, 0.2) is 0 Å². The third-order valence-electron chi connectivity index (χ3n) is 4.36. The van der Waals surface area contributed by atoms with Crippen molar-refractivity contribution >= 4 is 34.8 Å². The number of hydrogen-bond donors (Lipinski definition) is 1. The maximum absolute atomic E-state index is 12.5. The summed E-state index contributed by atoms with van der Waals surface area (Å²) < 4.78 is 7.49. The molecular weight excluding hydrogens is 420 g/mol. The topological polar surface area (TPSA) is 69.0 Å². The number of aromatic nitrogens is 3. The number of thiophene rings is 1. The summed E-state index contributed by atoms with van der Waals surface area (Å²) in [5.41, 5.74) is 3.01. The fourth-order valence-corrected chi connectivity index (χ4v) is 3.87. The number of rotatable bonds is 7. The van der Waals surface area contributed by atoms with Gasteiger partial charge in [0, 0.05) is 10.6 Å². The zero-order valence-corrected chi connectivity index (χ0v) is 17.8. The Hall–Kier alpha value is -3.16. The second-order valence-electron chi connectivity index (χ2n) is 6.72. The molecule has 0 bridgehead atoms. The van der Waals surface area contributed by atoms with Crippen LogP contribution in [-0.4, -0.2) is 20.7 Å². The summed E-state index contributed by atoms with van der Waals surface area (Å²) in [7, 11) is 0. The highest BCUT2D eigenvalue weighted by Crippen LogP contribution is 2.21. The minimum atomic E-state index is -0.248. The van der Waals surface area contributed by atoms with Crippen LogP contribution in [0.4, 0.5) is 5.95 Å². The summed E-state index contributed by atoms with van der Waals surface area (Å²) in [4.78, 5) is 17.3. The molecule has 0 fully saturated rings. The van der Waals surface area contributed by atoms with Crippen LogP contribution >= 0.6 is 22.9 Å². The lowest BCUT2D eigenvalue weighted by Gasteiger charge is -2.07. The monoisotopic (exact) mass is 438 g/mol. The van der Waals surface area contributed by atoms with Crippen molar-refractivity contribution in [2.75, 3.05) is 5.32 Å². The smallest absolute Gasteiger partial charge is 0.268 e. The summed E-state index contributed by atoms with van der Waals surface area (Å²) in [5.74, 6) is 0.847. The number of carbonyl (C=O) groups excluding carboxylic acids is 1. The van der Waals surface area contributed by atoms with E-state index in [9.17, 15) is 4.79 Å². The summed E-state index contributed by atoms with van der Waals surface area (Å²) in [6.45, 7) is 2.92. The van der Waals surface area contributed by atoms with E-state index in [0.717, 1.165) is 22.4 Å². The van der Waals surface area contributed by atoms with E-state index in [1.165, 1.54) is 11.3 Å². The van der Waals surface area contributed by atoms with E-state index in [0.29, 0.717) is 23.1 Å². The summed E-state index contributed by atoms with van der Waals surface area (Å²) in [6.07, 6.45) is 1.58. The molecule has 2 aromatic heterocycles. The molecule has 2 aromatic carbocycles. The van der Waals surface area contributed by atoms with Gasteiger partial charge in [0.25, 0.3) is 5.91 Å². The quantitative estimate of drug-likeness (QED) is 0.431.